The fraction of sp³-hybridized carbons (Fsp3) is 0.595. The highest BCUT2D eigenvalue weighted by atomic mass is 16.6. The number of aryl methyl sites for hydroxylation is 1. The topological polar surface area (TPSA) is 106 Å². The number of amides is 4. The second kappa shape index (κ2) is 14.1. The summed E-state index contributed by atoms with van der Waals surface area (Å²) in [5.74, 6) is 0.0413. The van der Waals surface area contributed by atoms with Gasteiger partial charge in [-0.1, -0.05) is 44.2 Å². The first-order valence-corrected chi connectivity index (χ1v) is 17.5. The van der Waals surface area contributed by atoms with Crippen molar-refractivity contribution in [3.63, 3.8) is 0 Å². The number of carbonyl (C=O) groups excluding carboxylic acids is 3. The molecule has 6 rings (SSSR count). The molecule has 254 valence electrons. The average Bonchev–Trinajstić information content (AvgIpc) is 3.24. The minimum absolute atomic E-state index is 0.0260. The van der Waals surface area contributed by atoms with Crippen LogP contribution in [0.3, 0.4) is 0 Å². The molecule has 2 N–H and O–H groups in total. The highest BCUT2D eigenvalue weighted by Crippen LogP contribution is 2.32. The first-order valence-electron chi connectivity index (χ1n) is 17.5. The Kier molecular flexibility index (Phi) is 9.96. The molecule has 47 heavy (non-hydrogen) atoms. The molecule has 4 aliphatic rings. The first kappa shape index (κ1) is 33.1. The van der Waals surface area contributed by atoms with Gasteiger partial charge in [0, 0.05) is 56.9 Å². The van der Waals surface area contributed by atoms with E-state index in [0.717, 1.165) is 49.2 Å². The molecule has 3 fully saturated rings. The number of para-hydroxylation sites is 1. The molecule has 2 aromatic carbocycles. The molecule has 3 saturated heterocycles. The molecule has 0 radical (unpaired) electrons. The largest absolute Gasteiger partial charge is 0.508 e. The van der Waals surface area contributed by atoms with E-state index in [0.29, 0.717) is 62.6 Å². The third-order valence-electron chi connectivity index (χ3n) is 11.0. The van der Waals surface area contributed by atoms with Crippen molar-refractivity contribution in [2.75, 3.05) is 51.1 Å². The molecule has 0 unspecified atom stereocenters. The summed E-state index contributed by atoms with van der Waals surface area (Å²) in [5.41, 5.74) is 3.95. The molecule has 4 heterocycles. The van der Waals surface area contributed by atoms with Crippen molar-refractivity contribution >= 4 is 23.7 Å². The predicted octanol–water partition coefficient (Wildman–Crippen LogP) is 5.42. The zero-order valence-corrected chi connectivity index (χ0v) is 28.2. The number of carbonyl (C=O) groups is 3. The van der Waals surface area contributed by atoms with Gasteiger partial charge in [0.25, 0.3) is 5.91 Å². The summed E-state index contributed by atoms with van der Waals surface area (Å²) in [6.45, 7) is 11.6. The number of phenols is 1. The number of hydrogen-bond acceptors (Lipinski definition) is 6. The van der Waals surface area contributed by atoms with Crippen molar-refractivity contribution in [1.29, 1.82) is 0 Å². The lowest BCUT2D eigenvalue weighted by molar-refractivity contribution is -0.142. The van der Waals surface area contributed by atoms with Crippen LogP contribution in [0.5, 0.6) is 5.75 Å². The lowest BCUT2D eigenvalue weighted by atomic mass is 9.82. The number of likely N-dealkylation sites (tertiary alicyclic amines) is 3. The van der Waals surface area contributed by atoms with E-state index in [1.54, 1.807) is 17.0 Å². The molecule has 4 amide bonds. The highest BCUT2D eigenvalue weighted by Gasteiger charge is 2.37. The Morgan fingerprint density at radius 2 is 1.57 bits per heavy atom. The number of ether oxygens (including phenoxy) is 1. The molecule has 0 aromatic heterocycles. The summed E-state index contributed by atoms with van der Waals surface area (Å²) < 4.78 is 6.04. The fourth-order valence-corrected chi connectivity index (χ4v) is 7.68. The van der Waals surface area contributed by atoms with Gasteiger partial charge in [0.05, 0.1) is 0 Å². The van der Waals surface area contributed by atoms with Crippen molar-refractivity contribution < 1.29 is 24.2 Å². The van der Waals surface area contributed by atoms with Crippen LogP contribution in [0, 0.1) is 12.3 Å². The minimum atomic E-state index is -0.952. The van der Waals surface area contributed by atoms with Crippen molar-refractivity contribution in [3.8, 4) is 5.75 Å². The summed E-state index contributed by atoms with van der Waals surface area (Å²) >= 11 is 0. The molecule has 1 atom stereocenters. The summed E-state index contributed by atoms with van der Waals surface area (Å²) in [4.78, 5) is 48.7. The normalized spacial score (nSPS) is 21.9. The summed E-state index contributed by atoms with van der Waals surface area (Å²) in [7, 11) is 0. The van der Waals surface area contributed by atoms with Crippen LogP contribution in [0.4, 0.5) is 15.3 Å². The van der Waals surface area contributed by atoms with Gasteiger partial charge in [-0.25, -0.2) is 9.59 Å². The Balaban J connectivity index is 1.06. The van der Waals surface area contributed by atoms with Gasteiger partial charge in [0.1, 0.15) is 5.75 Å². The zero-order valence-electron chi connectivity index (χ0n) is 28.2. The van der Waals surface area contributed by atoms with E-state index in [1.165, 1.54) is 12.8 Å². The number of nitrogens with one attached hydrogen (secondary N) is 1. The number of anilines is 1. The van der Waals surface area contributed by atoms with E-state index >= 15 is 0 Å². The van der Waals surface area contributed by atoms with Crippen molar-refractivity contribution in [2.24, 2.45) is 5.41 Å². The van der Waals surface area contributed by atoms with Crippen LogP contribution >= 0.6 is 0 Å². The van der Waals surface area contributed by atoms with Crippen molar-refractivity contribution in [1.82, 2.24) is 19.6 Å². The average molecular weight is 646 g/mol. The van der Waals surface area contributed by atoms with Gasteiger partial charge in [-0.05, 0) is 99.2 Å². The van der Waals surface area contributed by atoms with Gasteiger partial charge in [-0.2, -0.15) is 0 Å². The number of phenolic OH excluding ortho intramolecular Hbond substituents is 1. The van der Waals surface area contributed by atoms with E-state index < -0.39 is 12.2 Å². The molecule has 10 heteroatoms. The van der Waals surface area contributed by atoms with Crippen molar-refractivity contribution in [2.45, 2.75) is 90.3 Å². The Bertz CT molecular complexity index is 1440. The van der Waals surface area contributed by atoms with E-state index in [-0.39, 0.29) is 30.2 Å². The van der Waals surface area contributed by atoms with Gasteiger partial charge in [-0.15, -0.1) is 0 Å². The molecule has 4 aliphatic heterocycles. The number of nitrogens with zero attached hydrogens (tertiary/aromatic N) is 4. The Hall–Kier alpha value is -3.79. The van der Waals surface area contributed by atoms with E-state index in [9.17, 15) is 19.5 Å². The summed E-state index contributed by atoms with van der Waals surface area (Å²) in [6.07, 6.45) is 5.14. The SMILES string of the molecule is Cc1cc(C[C@@H](OC(=O)N2CCC(N3CCc4ccccc4NC3=O)CC2)C(=O)N2CCC(N3CCC(C)(C)CC3)CC2)ccc1O. The van der Waals surface area contributed by atoms with Crippen LogP contribution in [-0.2, 0) is 22.4 Å². The molecule has 10 nitrogen and oxygen atoms in total. The van der Waals surface area contributed by atoms with Crippen molar-refractivity contribution in [3.05, 3.63) is 59.2 Å². The number of aromatic hydroxyl groups is 1. The van der Waals surface area contributed by atoms with Gasteiger partial charge < -0.3 is 34.8 Å². The number of piperidine rings is 3. The third-order valence-corrected chi connectivity index (χ3v) is 11.0. The van der Waals surface area contributed by atoms with Crippen LogP contribution in [0.15, 0.2) is 42.5 Å². The fourth-order valence-electron chi connectivity index (χ4n) is 7.68. The number of rotatable bonds is 6. The van der Waals surface area contributed by atoms with Gasteiger partial charge in [-0.3, -0.25) is 4.79 Å². The Morgan fingerprint density at radius 1 is 0.915 bits per heavy atom. The maximum Gasteiger partial charge on any atom is 0.410 e. The number of hydrogen-bond donors (Lipinski definition) is 2. The zero-order chi connectivity index (χ0) is 33.1. The second-order valence-electron chi connectivity index (χ2n) is 14.7. The molecule has 0 spiro atoms. The maximum absolute atomic E-state index is 14.0. The Morgan fingerprint density at radius 3 is 2.28 bits per heavy atom. The van der Waals surface area contributed by atoms with E-state index in [2.05, 4.69) is 24.1 Å². The van der Waals surface area contributed by atoms with Crippen LogP contribution < -0.4 is 5.32 Å². The van der Waals surface area contributed by atoms with Crippen LogP contribution in [0.2, 0.25) is 0 Å². The molecular weight excluding hydrogens is 594 g/mol. The number of urea groups is 1. The quantitative estimate of drug-likeness (QED) is 0.435. The number of fused-ring (bicyclic) bond motifs is 1. The van der Waals surface area contributed by atoms with E-state index in [1.807, 2.05) is 47.1 Å². The van der Waals surface area contributed by atoms with Gasteiger partial charge >= 0.3 is 12.1 Å². The molecule has 2 aromatic rings. The molecule has 0 bridgehead atoms. The highest BCUT2D eigenvalue weighted by molar-refractivity contribution is 5.91. The van der Waals surface area contributed by atoms with Gasteiger partial charge in [0.2, 0.25) is 0 Å². The summed E-state index contributed by atoms with van der Waals surface area (Å²) in [6, 6.07) is 13.6. The molecule has 0 saturated carbocycles. The van der Waals surface area contributed by atoms with E-state index in [4.69, 9.17) is 4.74 Å². The maximum atomic E-state index is 14.0. The summed E-state index contributed by atoms with van der Waals surface area (Å²) in [5, 5.41) is 13.1. The smallest absolute Gasteiger partial charge is 0.410 e. The van der Waals surface area contributed by atoms with Gasteiger partial charge in [0.15, 0.2) is 6.10 Å². The van der Waals surface area contributed by atoms with Crippen LogP contribution in [0.25, 0.3) is 0 Å². The Labute approximate surface area is 279 Å². The lowest BCUT2D eigenvalue weighted by Gasteiger charge is -2.44. The lowest BCUT2D eigenvalue weighted by Crippen LogP contribution is -2.53. The number of benzene rings is 2. The second-order valence-corrected chi connectivity index (χ2v) is 14.7. The minimum Gasteiger partial charge on any atom is -0.508 e. The molecule has 0 aliphatic carbocycles. The predicted molar refractivity (Wildman–Crippen MR) is 181 cm³/mol. The molecular formula is C37H51N5O5. The monoisotopic (exact) mass is 645 g/mol. The van der Waals surface area contributed by atoms with Crippen LogP contribution in [-0.4, -0.2) is 107 Å². The standard InChI is InChI=1S/C37H51N5O5/c1-26-24-27(8-9-32(26)43)25-33(34(44)40-17-11-29(12-18-40)39-22-15-37(2,3)16-23-39)47-36(46)41-19-13-30(14-20-41)42-21-10-28-6-4-5-7-31(28)38-35(42)45/h4-9,24,29-30,33,43H,10-23,25H2,1-3H3,(H,38,45)/t33-/m1/s1. The first-order chi connectivity index (χ1) is 22.6. The third kappa shape index (κ3) is 7.86. The van der Waals surface area contributed by atoms with Crippen LogP contribution in [0.1, 0.15) is 69.1 Å².